The fourth-order valence-corrected chi connectivity index (χ4v) is 1.81. The molecule has 0 heterocycles. The molecule has 0 aliphatic rings. The Morgan fingerprint density at radius 3 is 2.28 bits per heavy atom. The molecular weight excluding hydrogens is 232 g/mol. The van der Waals surface area contributed by atoms with Crippen LogP contribution in [-0.2, 0) is 9.59 Å². The zero-order valence-corrected chi connectivity index (χ0v) is 11.9. The third kappa shape index (κ3) is 6.59. The Bertz CT molecular complexity index is 267. The normalized spacial score (nSPS) is 12.8. The molecule has 106 valence electrons. The lowest BCUT2D eigenvalue weighted by Gasteiger charge is -2.30. The monoisotopic (exact) mass is 258 g/mol. The number of carbonyl (C=O) groups is 2. The lowest BCUT2D eigenvalue weighted by Crippen LogP contribution is -2.50. The summed E-state index contributed by atoms with van der Waals surface area (Å²) in [6.07, 6.45) is 3.18. The van der Waals surface area contributed by atoms with Gasteiger partial charge in [0.25, 0.3) is 0 Å². The molecule has 0 fully saturated rings. The van der Waals surface area contributed by atoms with Crippen molar-refractivity contribution in [2.24, 2.45) is 0 Å². The van der Waals surface area contributed by atoms with Crippen molar-refractivity contribution < 1.29 is 14.7 Å². The van der Waals surface area contributed by atoms with Crippen molar-refractivity contribution in [2.75, 3.05) is 13.1 Å². The van der Waals surface area contributed by atoms with Crippen LogP contribution in [0.2, 0.25) is 0 Å². The molecule has 0 bridgehead atoms. The molecule has 18 heavy (non-hydrogen) atoms. The van der Waals surface area contributed by atoms with Crippen LogP contribution in [-0.4, -0.2) is 47.1 Å². The molecule has 0 aromatic carbocycles. The van der Waals surface area contributed by atoms with E-state index < -0.39 is 12.0 Å². The second kappa shape index (κ2) is 8.91. The van der Waals surface area contributed by atoms with Crippen LogP contribution in [0.25, 0.3) is 0 Å². The molecule has 0 saturated heterocycles. The summed E-state index contributed by atoms with van der Waals surface area (Å²) in [5, 5.41) is 11.7. The van der Waals surface area contributed by atoms with Crippen LogP contribution in [0.4, 0.5) is 0 Å². The summed E-state index contributed by atoms with van der Waals surface area (Å²) in [4.78, 5) is 24.3. The van der Waals surface area contributed by atoms with Crippen LogP contribution in [0.1, 0.15) is 47.0 Å². The minimum Gasteiger partial charge on any atom is -0.480 e. The molecule has 2 N–H and O–H groups in total. The summed E-state index contributed by atoms with van der Waals surface area (Å²) >= 11 is 0. The molecule has 1 amide bonds. The summed E-state index contributed by atoms with van der Waals surface area (Å²) in [6.45, 7) is 8.20. The SMILES string of the molecule is CCCCCNC(=O)C(C)N(CC(=O)O)C(C)C. The maximum atomic E-state index is 11.9. The maximum Gasteiger partial charge on any atom is 0.317 e. The van der Waals surface area contributed by atoms with Crippen LogP contribution >= 0.6 is 0 Å². The van der Waals surface area contributed by atoms with Gasteiger partial charge < -0.3 is 10.4 Å². The topological polar surface area (TPSA) is 69.6 Å². The van der Waals surface area contributed by atoms with Gasteiger partial charge in [0.2, 0.25) is 5.91 Å². The smallest absolute Gasteiger partial charge is 0.317 e. The number of hydrogen-bond donors (Lipinski definition) is 2. The summed E-state index contributed by atoms with van der Waals surface area (Å²) in [7, 11) is 0. The van der Waals surface area contributed by atoms with Crippen LogP contribution in [0.5, 0.6) is 0 Å². The fourth-order valence-electron chi connectivity index (χ4n) is 1.81. The standard InChI is InChI=1S/C13H26N2O3/c1-5-6-7-8-14-13(18)11(4)15(10(2)3)9-12(16)17/h10-11H,5-9H2,1-4H3,(H,14,18)(H,16,17). The van der Waals surface area contributed by atoms with E-state index in [1.165, 1.54) is 0 Å². The maximum absolute atomic E-state index is 11.9. The zero-order valence-electron chi connectivity index (χ0n) is 11.9. The highest BCUT2D eigenvalue weighted by Crippen LogP contribution is 2.05. The van der Waals surface area contributed by atoms with Crippen molar-refractivity contribution in [3.05, 3.63) is 0 Å². The number of amides is 1. The Morgan fingerprint density at radius 1 is 1.22 bits per heavy atom. The van der Waals surface area contributed by atoms with Crippen LogP contribution < -0.4 is 5.32 Å². The predicted molar refractivity (Wildman–Crippen MR) is 71.5 cm³/mol. The van der Waals surface area contributed by atoms with Gasteiger partial charge >= 0.3 is 5.97 Å². The first-order valence-electron chi connectivity index (χ1n) is 6.65. The van der Waals surface area contributed by atoms with Gasteiger partial charge in [-0.2, -0.15) is 0 Å². The molecule has 0 radical (unpaired) electrons. The number of hydrogen-bond acceptors (Lipinski definition) is 3. The van der Waals surface area contributed by atoms with Gasteiger partial charge in [-0.25, -0.2) is 0 Å². The summed E-state index contributed by atoms with van der Waals surface area (Å²) < 4.78 is 0. The third-order valence-corrected chi connectivity index (χ3v) is 2.94. The van der Waals surface area contributed by atoms with E-state index in [9.17, 15) is 9.59 Å². The van der Waals surface area contributed by atoms with Crippen LogP contribution in [0, 0.1) is 0 Å². The summed E-state index contributed by atoms with van der Waals surface area (Å²) in [5.41, 5.74) is 0. The van der Waals surface area contributed by atoms with Gasteiger partial charge in [-0.1, -0.05) is 19.8 Å². The molecule has 5 heteroatoms. The van der Waals surface area contributed by atoms with Gasteiger partial charge in [0.1, 0.15) is 0 Å². The molecule has 0 aliphatic carbocycles. The lowest BCUT2D eigenvalue weighted by molar-refractivity contribution is -0.140. The number of nitrogens with zero attached hydrogens (tertiary/aromatic N) is 1. The quantitative estimate of drug-likeness (QED) is 0.615. The van der Waals surface area contributed by atoms with Gasteiger partial charge in [0, 0.05) is 12.6 Å². The van der Waals surface area contributed by atoms with Crippen molar-refractivity contribution in [2.45, 2.75) is 59.0 Å². The number of nitrogens with one attached hydrogen (secondary N) is 1. The molecule has 1 unspecified atom stereocenters. The highest BCUT2D eigenvalue weighted by Gasteiger charge is 2.25. The first-order valence-corrected chi connectivity index (χ1v) is 6.65. The number of unbranched alkanes of at least 4 members (excludes halogenated alkanes) is 2. The van der Waals surface area contributed by atoms with E-state index in [-0.39, 0.29) is 18.5 Å². The zero-order chi connectivity index (χ0) is 14.1. The van der Waals surface area contributed by atoms with Crippen molar-refractivity contribution in [3.8, 4) is 0 Å². The number of carbonyl (C=O) groups excluding carboxylic acids is 1. The average molecular weight is 258 g/mol. The van der Waals surface area contributed by atoms with E-state index in [1.807, 2.05) is 13.8 Å². The summed E-state index contributed by atoms with van der Waals surface area (Å²) in [5.74, 6) is -1.00. The Morgan fingerprint density at radius 2 is 1.83 bits per heavy atom. The van der Waals surface area contributed by atoms with E-state index in [4.69, 9.17) is 5.11 Å². The summed E-state index contributed by atoms with van der Waals surface area (Å²) in [6, 6.07) is -0.389. The number of rotatable bonds is 9. The molecule has 0 aliphatic heterocycles. The average Bonchev–Trinajstić information content (AvgIpc) is 2.30. The molecule has 0 spiro atoms. The van der Waals surface area contributed by atoms with Gasteiger partial charge in [-0.05, 0) is 27.2 Å². The fraction of sp³-hybridized carbons (Fsp3) is 0.846. The highest BCUT2D eigenvalue weighted by molar-refractivity contribution is 5.82. The van der Waals surface area contributed by atoms with E-state index in [0.717, 1.165) is 19.3 Å². The minimum absolute atomic E-state index is 0.0255. The first kappa shape index (κ1) is 16.9. The van der Waals surface area contributed by atoms with Crippen molar-refractivity contribution >= 4 is 11.9 Å². The number of aliphatic carboxylic acids is 1. The largest absolute Gasteiger partial charge is 0.480 e. The molecule has 0 saturated carbocycles. The van der Waals surface area contributed by atoms with E-state index >= 15 is 0 Å². The molecule has 1 atom stereocenters. The second-order valence-electron chi connectivity index (χ2n) is 4.83. The van der Waals surface area contributed by atoms with E-state index in [1.54, 1.807) is 11.8 Å². The van der Waals surface area contributed by atoms with E-state index in [2.05, 4.69) is 12.2 Å². The Labute approximate surface area is 110 Å². The van der Waals surface area contributed by atoms with E-state index in [0.29, 0.717) is 6.54 Å². The highest BCUT2D eigenvalue weighted by atomic mass is 16.4. The van der Waals surface area contributed by atoms with Gasteiger partial charge in [0.15, 0.2) is 0 Å². The van der Waals surface area contributed by atoms with Crippen LogP contribution in [0.15, 0.2) is 0 Å². The van der Waals surface area contributed by atoms with Gasteiger partial charge in [-0.15, -0.1) is 0 Å². The van der Waals surface area contributed by atoms with Crippen molar-refractivity contribution in [3.63, 3.8) is 0 Å². The Balaban J connectivity index is 4.25. The molecule has 0 aromatic heterocycles. The first-order chi connectivity index (χ1) is 8.40. The third-order valence-electron chi connectivity index (χ3n) is 2.94. The van der Waals surface area contributed by atoms with Crippen molar-refractivity contribution in [1.82, 2.24) is 10.2 Å². The molecule has 5 nitrogen and oxygen atoms in total. The molecular formula is C13H26N2O3. The molecule has 0 aromatic rings. The Kier molecular flexibility index (Phi) is 8.37. The Hall–Kier alpha value is -1.10. The van der Waals surface area contributed by atoms with Crippen molar-refractivity contribution in [1.29, 1.82) is 0 Å². The lowest BCUT2D eigenvalue weighted by atomic mass is 10.2. The van der Waals surface area contributed by atoms with Gasteiger partial charge in [0.05, 0.1) is 12.6 Å². The van der Waals surface area contributed by atoms with Crippen LogP contribution in [0.3, 0.4) is 0 Å². The second-order valence-corrected chi connectivity index (χ2v) is 4.83. The molecule has 0 rings (SSSR count). The predicted octanol–water partition coefficient (Wildman–Crippen LogP) is 1.48. The minimum atomic E-state index is -0.908. The number of carboxylic acid groups (broad SMARTS) is 1. The van der Waals surface area contributed by atoms with Gasteiger partial charge in [-0.3, -0.25) is 14.5 Å². The number of carboxylic acids is 1.